The predicted molar refractivity (Wildman–Crippen MR) is 73.9 cm³/mol. The van der Waals surface area contributed by atoms with E-state index >= 15 is 0 Å². The SMILES string of the molecule is C=CCCC(=O)/C=C/C1=C(C)CCCC1(C)C. The lowest BCUT2D eigenvalue weighted by Crippen LogP contribution is -2.19. The van der Waals surface area contributed by atoms with Gasteiger partial charge in [0.15, 0.2) is 5.78 Å². The number of carbonyl (C=O) groups is 1. The molecule has 0 amide bonds. The summed E-state index contributed by atoms with van der Waals surface area (Å²) in [5.74, 6) is 0.201. The minimum absolute atomic E-state index is 0.201. The standard InChI is InChI=1S/C16H24O/c1-5-6-9-14(17)10-11-15-13(2)8-7-12-16(15,3)4/h5,10-11H,1,6-9,12H2,2-4H3/b11-10+. The fourth-order valence-electron chi connectivity index (χ4n) is 2.51. The second-order valence-electron chi connectivity index (χ2n) is 5.56. The highest BCUT2D eigenvalue weighted by Crippen LogP contribution is 2.40. The van der Waals surface area contributed by atoms with Gasteiger partial charge in [0.05, 0.1) is 0 Å². The molecule has 0 atom stereocenters. The van der Waals surface area contributed by atoms with Gasteiger partial charge >= 0.3 is 0 Å². The maximum absolute atomic E-state index is 11.6. The number of carbonyl (C=O) groups excluding carboxylic acids is 1. The molecule has 0 bridgehead atoms. The Balaban J connectivity index is 2.74. The second-order valence-corrected chi connectivity index (χ2v) is 5.56. The molecule has 0 aromatic rings. The van der Waals surface area contributed by atoms with Crippen LogP contribution < -0.4 is 0 Å². The van der Waals surface area contributed by atoms with E-state index in [-0.39, 0.29) is 11.2 Å². The zero-order valence-electron chi connectivity index (χ0n) is 11.4. The Kier molecular flexibility index (Phi) is 4.92. The van der Waals surface area contributed by atoms with Crippen LogP contribution in [-0.4, -0.2) is 5.78 Å². The van der Waals surface area contributed by atoms with Gasteiger partial charge in [0, 0.05) is 6.42 Å². The van der Waals surface area contributed by atoms with Crippen molar-refractivity contribution in [2.45, 2.75) is 52.9 Å². The van der Waals surface area contributed by atoms with Crippen molar-refractivity contribution in [3.8, 4) is 0 Å². The molecule has 94 valence electrons. The van der Waals surface area contributed by atoms with Crippen molar-refractivity contribution in [3.05, 3.63) is 36.0 Å². The number of hydrogen-bond donors (Lipinski definition) is 0. The highest BCUT2D eigenvalue weighted by molar-refractivity contribution is 5.90. The van der Waals surface area contributed by atoms with Gasteiger partial charge in [-0.2, -0.15) is 0 Å². The minimum atomic E-state index is 0.201. The third-order valence-corrected chi connectivity index (χ3v) is 3.57. The van der Waals surface area contributed by atoms with Crippen molar-refractivity contribution in [3.63, 3.8) is 0 Å². The zero-order valence-corrected chi connectivity index (χ0v) is 11.4. The minimum Gasteiger partial charge on any atom is -0.295 e. The Morgan fingerprint density at radius 1 is 1.47 bits per heavy atom. The predicted octanol–water partition coefficient (Wildman–Crippen LogP) is 4.60. The van der Waals surface area contributed by atoms with E-state index in [4.69, 9.17) is 0 Å². The van der Waals surface area contributed by atoms with E-state index in [1.165, 1.54) is 30.4 Å². The number of rotatable bonds is 5. The maximum Gasteiger partial charge on any atom is 0.156 e. The van der Waals surface area contributed by atoms with E-state index < -0.39 is 0 Å². The number of hydrogen-bond acceptors (Lipinski definition) is 1. The first-order chi connectivity index (χ1) is 7.97. The molecule has 0 aromatic carbocycles. The lowest BCUT2D eigenvalue weighted by molar-refractivity contribution is -0.114. The fraction of sp³-hybridized carbons (Fsp3) is 0.562. The Morgan fingerprint density at radius 3 is 2.76 bits per heavy atom. The summed E-state index contributed by atoms with van der Waals surface area (Å²) in [6.07, 6.45) is 10.6. The van der Waals surface area contributed by atoms with Crippen molar-refractivity contribution in [1.82, 2.24) is 0 Å². The molecule has 0 N–H and O–H groups in total. The topological polar surface area (TPSA) is 17.1 Å². The van der Waals surface area contributed by atoms with Crippen LogP contribution in [0.3, 0.4) is 0 Å². The van der Waals surface area contributed by atoms with Crippen molar-refractivity contribution in [2.24, 2.45) is 5.41 Å². The van der Waals surface area contributed by atoms with Crippen LogP contribution in [0.25, 0.3) is 0 Å². The van der Waals surface area contributed by atoms with Gasteiger partial charge < -0.3 is 0 Å². The van der Waals surface area contributed by atoms with Crippen molar-refractivity contribution in [1.29, 1.82) is 0 Å². The van der Waals surface area contributed by atoms with Gasteiger partial charge in [-0.25, -0.2) is 0 Å². The van der Waals surface area contributed by atoms with Gasteiger partial charge in [0.2, 0.25) is 0 Å². The monoisotopic (exact) mass is 232 g/mol. The van der Waals surface area contributed by atoms with E-state index in [9.17, 15) is 4.79 Å². The smallest absolute Gasteiger partial charge is 0.156 e. The Hall–Kier alpha value is -1.11. The van der Waals surface area contributed by atoms with Crippen LogP contribution in [0.15, 0.2) is 36.0 Å². The summed E-state index contributed by atoms with van der Waals surface area (Å²) in [5.41, 5.74) is 3.02. The summed E-state index contributed by atoms with van der Waals surface area (Å²) in [4.78, 5) is 11.6. The molecule has 1 aliphatic carbocycles. The zero-order chi connectivity index (χ0) is 12.9. The lowest BCUT2D eigenvalue weighted by atomic mass is 9.72. The van der Waals surface area contributed by atoms with Gasteiger partial charge in [-0.05, 0) is 49.7 Å². The van der Waals surface area contributed by atoms with Crippen LogP contribution >= 0.6 is 0 Å². The summed E-state index contributed by atoms with van der Waals surface area (Å²) >= 11 is 0. The summed E-state index contributed by atoms with van der Waals surface area (Å²) in [6.45, 7) is 10.4. The maximum atomic E-state index is 11.6. The van der Waals surface area contributed by atoms with Gasteiger partial charge in [0.1, 0.15) is 0 Å². The molecule has 17 heavy (non-hydrogen) atoms. The molecule has 0 radical (unpaired) electrons. The average Bonchev–Trinajstić information content (AvgIpc) is 2.24. The fourth-order valence-corrected chi connectivity index (χ4v) is 2.51. The molecule has 1 aliphatic rings. The molecule has 1 heteroatoms. The van der Waals surface area contributed by atoms with Crippen LogP contribution in [0.5, 0.6) is 0 Å². The van der Waals surface area contributed by atoms with E-state index in [1.54, 1.807) is 12.2 Å². The Bertz CT molecular complexity index is 356. The molecule has 0 unspecified atom stereocenters. The summed E-state index contributed by atoms with van der Waals surface area (Å²) in [6, 6.07) is 0. The van der Waals surface area contributed by atoms with Gasteiger partial charge in [-0.15, -0.1) is 6.58 Å². The van der Waals surface area contributed by atoms with Crippen LogP contribution in [0.1, 0.15) is 52.9 Å². The highest BCUT2D eigenvalue weighted by atomic mass is 16.1. The number of allylic oxidation sites excluding steroid dienone is 5. The van der Waals surface area contributed by atoms with Crippen LogP contribution in [0.4, 0.5) is 0 Å². The van der Waals surface area contributed by atoms with Crippen LogP contribution in [0.2, 0.25) is 0 Å². The second kappa shape index (κ2) is 6.00. The molecular weight excluding hydrogens is 208 g/mol. The van der Waals surface area contributed by atoms with Gasteiger partial charge in [0.25, 0.3) is 0 Å². The average molecular weight is 232 g/mol. The molecule has 0 saturated heterocycles. The largest absolute Gasteiger partial charge is 0.295 e. The van der Waals surface area contributed by atoms with Gasteiger partial charge in [-0.3, -0.25) is 4.79 Å². The molecular formula is C16H24O. The summed E-state index contributed by atoms with van der Waals surface area (Å²) in [7, 11) is 0. The highest BCUT2D eigenvalue weighted by Gasteiger charge is 2.26. The molecule has 0 heterocycles. The van der Waals surface area contributed by atoms with E-state index in [2.05, 4.69) is 27.4 Å². The van der Waals surface area contributed by atoms with Crippen LogP contribution in [-0.2, 0) is 4.79 Å². The van der Waals surface area contributed by atoms with Crippen molar-refractivity contribution in [2.75, 3.05) is 0 Å². The third kappa shape index (κ3) is 3.99. The van der Waals surface area contributed by atoms with Crippen LogP contribution in [0, 0.1) is 5.41 Å². The van der Waals surface area contributed by atoms with Gasteiger partial charge in [-0.1, -0.05) is 31.6 Å². The third-order valence-electron chi connectivity index (χ3n) is 3.57. The lowest BCUT2D eigenvalue weighted by Gasteiger charge is -2.32. The quantitative estimate of drug-likeness (QED) is 0.500. The normalized spacial score (nSPS) is 19.7. The summed E-state index contributed by atoms with van der Waals surface area (Å²) in [5, 5.41) is 0. The molecule has 1 rings (SSSR count). The Labute approximate surface area is 105 Å². The molecule has 1 nitrogen and oxygen atoms in total. The first kappa shape index (κ1) is 14.0. The van der Waals surface area contributed by atoms with Crippen molar-refractivity contribution < 1.29 is 4.79 Å². The Morgan fingerprint density at radius 2 is 2.18 bits per heavy atom. The molecule has 0 saturated carbocycles. The molecule has 0 aliphatic heterocycles. The van der Waals surface area contributed by atoms with E-state index in [0.29, 0.717) is 6.42 Å². The van der Waals surface area contributed by atoms with Crippen molar-refractivity contribution >= 4 is 5.78 Å². The molecule has 0 aromatic heterocycles. The first-order valence-electron chi connectivity index (χ1n) is 6.49. The first-order valence-corrected chi connectivity index (χ1v) is 6.49. The molecule has 0 spiro atoms. The van der Waals surface area contributed by atoms with E-state index in [1.807, 2.05) is 6.08 Å². The number of ketones is 1. The summed E-state index contributed by atoms with van der Waals surface area (Å²) < 4.78 is 0. The van der Waals surface area contributed by atoms with E-state index in [0.717, 1.165) is 6.42 Å². The molecule has 0 fully saturated rings.